The predicted octanol–water partition coefficient (Wildman–Crippen LogP) is 0.683. The molecule has 6 heteroatoms. The molecule has 0 radical (unpaired) electrons. The zero-order valence-electron chi connectivity index (χ0n) is 12.2. The van der Waals surface area contributed by atoms with Crippen molar-refractivity contribution >= 4 is 11.8 Å². The van der Waals surface area contributed by atoms with Crippen LogP contribution < -0.4 is 9.47 Å². The Labute approximate surface area is 128 Å². The molecule has 2 aliphatic heterocycles. The maximum Gasteiger partial charge on any atom is 0.267 e. The summed E-state index contributed by atoms with van der Waals surface area (Å²) in [5, 5.41) is 0. The second-order valence-electron chi connectivity index (χ2n) is 5.22. The highest BCUT2D eigenvalue weighted by molar-refractivity contribution is 5.87. The lowest BCUT2D eigenvalue weighted by atomic mass is 10.2. The van der Waals surface area contributed by atoms with E-state index in [0.29, 0.717) is 37.7 Å². The van der Waals surface area contributed by atoms with Crippen molar-refractivity contribution < 1.29 is 19.1 Å². The molecule has 0 saturated carbocycles. The summed E-state index contributed by atoms with van der Waals surface area (Å²) in [7, 11) is 0. The predicted molar refractivity (Wildman–Crippen MR) is 79.7 cm³/mol. The van der Waals surface area contributed by atoms with E-state index in [2.05, 4.69) is 6.58 Å². The van der Waals surface area contributed by atoms with Gasteiger partial charge in [-0.25, -0.2) is 0 Å². The highest BCUT2D eigenvalue weighted by Crippen LogP contribution is 2.31. The standard InChI is InChI=1S/C16H18N2O4/c1-2-15(19)17-7-9-18(10-8-17)16(20)14-11-21-12-5-3-4-6-13(12)22-14/h2-6,14H,1,7-11H2/t14-/m1/s1. The van der Waals surface area contributed by atoms with Gasteiger partial charge in [0.25, 0.3) is 5.91 Å². The number of carbonyl (C=O) groups is 2. The zero-order chi connectivity index (χ0) is 15.5. The third-order valence-electron chi connectivity index (χ3n) is 3.86. The number of piperazine rings is 1. The van der Waals surface area contributed by atoms with E-state index >= 15 is 0 Å². The van der Waals surface area contributed by atoms with Crippen molar-refractivity contribution in [3.8, 4) is 11.5 Å². The summed E-state index contributed by atoms with van der Waals surface area (Å²) in [6.45, 7) is 5.72. The number of para-hydroxylation sites is 2. The van der Waals surface area contributed by atoms with E-state index in [0.717, 1.165) is 0 Å². The first-order chi connectivity index (χ1) is 10.7. The number of amides is 2. The SMILES string of the molecule is C=CC(=O)N1CCN(C(=O)[C@H]2COc3ccccc3O2)CC1. The molecule has 1 saturated heterocycles. The van der Waals surface area contributed by atoms with Crippen LogP contribution in [0.4, 0.5) is 0 Å². The summed E-state index contributed by atoms with van der Waals surface area (Å²) in [5.41, 5.74) is 0. The molecule has 2 amide bonds. The topological polar surface area (TPSA) is 59.1 Å². The van der Waals surface area contributed by atoms with E-state index in [4.69, 9.17) is 9.47 Å². The first kappa shape index (κ1) is 14.4. The van der Waals surface area contributed by atoms with Gasteiger partial charge in [-0.15, -0.1) is 0 Å². The van der Waals surface area contributed by atoms with Gasteiger partial charge < -0.3 is 19.3 Å². The summed E-state index contributed by atoms with van der Waals surface area (Å²) >= 11 is 0. The number of nitrogens with zero attached hydrogens (tertiary/aromatic N) is 2. The van der Waals surface area contributed by atoms with Crippen LogP contribution in [-0.4, -0.2) is 60.5 Å². The third kappa shape index (κ3) is 2.77. The van der Waals surface area contributed by atoms with Gasteiger partial charge in [0.1, 0.15) is 6.61 Å². The average molecular weight is 302 g/mol. The second kappa shape index (κ2) is 6.09. The van der Waals surface area contributed by atoms with Crippen LogP contribution in [0.3, 0.4) is 0 Å². The molecule has 2 aliphatic rings. The van der Waals surface area contributed by atoms with Crippen LogP contribution in [0, 0.1) is 0 Å². The van der Waals surface area contributed by atoms with Crippen LogP contribution in [-0.2, 0) is 9.59 Å². The van der Waals surface area contributed by atoms with Crippen LogP contribution in [0.25, 0.3) is 0 Å². The van der Waals surface area contributed by atoms with Gasteiger partial charge in [0.2, 0.25) is 12.0 Å². The van der Waals surface area contributed by atoms with Crippen LogP contribution in [0.1, 0.15) is 0 Å². The average Bonchev–Trinajstić information content (AvgIpc) is 2.60. The Bertz CT molecular complexity index is 594. The molecular formula is C16H18N2O4. The van der Waals surface area contributed by atoms with Gasteiger partial charge in [-0.05, 0) is 18.2 Å². The normalized spacial score (nSPS) is 20.5. The second-order valence-corrected chi connectivity index (χ2v) is 5.22. The lowest BCUT2D eigenvalue weighted by Gasteiger charge is -2.36. The van der Waals surface area contributed by atoms with Gasteiger partial charge in [0.15, 0.2) is 11.5 Å². The number of benzene rings is 1. The van der Waals surface area contributed by atoms with Crippen molar-refractivity contribution in [2.75, 3.05) is 32.8 Å². The van der Waals surface area contributed by atoms with Crippen molar-refractivity contribution in [3.63, 3.8) is 0 Å². The quantitative estimate of drug-likeness (QED) is 0.754. The molecule has 0 aromatic heterocycles. The summed E-state index contributed by atoms with van der Waals surface area (Å²) in [6.07, 6.45) is 0.670. The number of ether oxygens (including phenoxy) is 2. The van der Waals surface area contributed by atoms with Crippen molar-refractivity contribution in [2.24, 2.45) is 0 Å². The Morgan fingerprint density at radius 3 is 2.41 bits per heavy atom. The van der Waals surface area contributed by atoms with E-state index in [-0.39, 0.29) is 18.4 Å². The Balaban J connectivity index is 1.59. The minimum absolute atomic E-state index is 0.0970. The van der Waals surface area contributed by atoms with Gasteiger partial charge in [-0.1, -0.05) is 18.7 Å². The van der Waals surface area contributed by atoms with E-state index < -0.39 is 6.10 Å². The highest BCUT2D eigenvalue weighted by atomic mass is 16.6. The van der Waals surface area contributed by atoms with Crippen LogP contribution in [0.15, 0.2) is 36.9 Å². The Morgan fingerprint density at radius 2 is 1.73 bits per heavy atom. The summed E-state index contributed by atoms with van der Waals surface area (Å²) in [5.74, 6) is 1.05. The Hall–Kier alpha value is -2.50. The highest BCUT2D eigenvalue weighted by Gasteiger charge is 2.33. The first-order valence-corrected chi connectivity index (χ1v) is 7.27. The smallest absolute Gasteiger partial charge is 0.267 e. The van der Waals surface area contributed by atoms with E-state index in [1.54, 1.807) is 15.9 Å². The molecule has 3 rings (SSSR count). The van der Waals surface area contributed by atoms with Crippen molar-refractivity contribution in [1.29, 1.82) is 0 Å². The summed E-state index contributed by atoms with van der Waals surface area (Å²) in [4.78, 5) is 27.5. The molecule has 0 unspecified atom stereocenters. The fourth-order valence-electron chi connectivity index (χ4n) is 2.62. The van der Waals surface area contributed by atoms with Crippen LogP contribution in [0.2, 0.25) is 0 Å². The number of carbonyl (C=O) groups excluding carboxylic acids is 2. The van der Waals surface area contributed by atoms with Gasteiger partial charge in [-0.3, -0.25) is 9.59 Å². The zero-order valence-corrected chi connectivity index (χ0v) is 12.2. The van der Waals surface area contributed by atoms with Gasteiger partial charge in [0, 0.05) is 26.2 Å². The van der Waals surface area contributed by atoms with E-state index in [9.17, 15) is 9.59 Å². The van der Waals surface area contributed by atoms with Crippen molar-refractivity contribution in [3.05, 3.63) is 36.9 Å². The van der Waals surface area contributed by atoms with Crippen LogP contribution in [0.5, 0.6) is 11.5 Å². The number of fused-ring (bicyclic) bond motifs is 1. The van der Waals surface area contributed by atoms with E-state index in [1.807, 2.05) is 18.2 Å². The molecule has 6 nitrogen and oxygen atoms in total. The minimum atomic E-state index is -0.628. The molecule has 1 aromatic carbocycles. The van der Waals surface area contributed by atoms with Crippen molar-refractivity contribution in [2.45, 2.75) is 6.10 Å². The van der Waals surface area contributed by atoms with Crippen molar-refractivity contribution in [1.82, 2.24) is 9.80 Å². The fourth-order valence-corrected chi connectivity index (χ4v) is 2.62. The first-order valence-electron chi connectivity index (χ1n) is 7.27. The maximum absolute atomic E-state index is 12.5. The van der Waals surface area contributed by atoms with Gasteiger partial charge >= 0.3 is 0 Å². The fraction of sp³-hybridized carbons (Fsp3) is 0.375. The molecule has 1 aromatic rings. The molecule has 22 heavy (non-hydrogen) atoms. The lowest BCUT2D eigenvalue weighted by Crippen LogP contribution is -2.54. The largest absolute Gasteiger partial charge is 0.485 e. The maximum atomic E-state index is 12.5. The molecule has 116 valence electrons. The molecule has 0 aliphatic carbocycles. The van der Waals surface area contributed by atoms with E-state index in [1.165, 1.54) is 6.08 Å². The Morgan fingerprint density at radius 1 is 1.09 bits per heavy atom. The van der Waals surface area contributed by atoms with Gasteiger partial charge in [0.05, 0.1) is 0 Å². The summed E-state index contributed by atoms with van der Waals surface area (Å²) < 4.78 is 11.3. The summed E-state index contributed by atoms with van der Waals surface area (Å²) in [6, 6.07) is 7.31. The monoisotopic (exact) mass is 302 g/mol. The molecule has 1 fully saturated rings. The molecule has 0 spiro atoms. The molecule has 1 atom stereocenters. The molecule has 0 bridgehead atoms. The third-order valence-corrected chi connectivity index (χ3v) is 3.86. The minimum Gasteiger partial charge on any atom is -0.485 e. The molecule has 2 heterocycles. The number of rotatable bonds is 2. The number of hydrogen-bond donors (Lipinski definition) is 0. The van der Waals surface area contributed by atoms with Gasteiger partial charge in [-0.2, -0.15) is 0 Å². The lowest BCUT2D eigenvalue weighted by molar-refractivity contribution is -0.145. The Kier molecular flexibility index (Phi) is 4.00. The van der Waals surface area contributed by atoms with Crippen LogP contribution >= 0.6 is 0 Å². The number of hydrogen-bond acceptors (Lipinski definition) is 4. The molecule has 0 N–H and O–H groups in total. The molecular weight excluding hydrogens is 284 g/mol.